The largest absolute Gasteiger partial charge is 0.512 e. The van der Waals surface area contributed by atoms with Crippen LogP contribution in [-0.2, 0) is 30.3 Å². The van der Waals surface area contributed by atoms with Gasteiger partial charge in [-0.15, -0.1) is 29.1 Å². The van der Waals surface area contributed by atoms with Crippen LogP contribution in [0.1, 0.15) is 93.6 Å². The Bertz CT molecular complexity index is 1200. The fourth-order valence-corrected chi connectivity index (χ4v) is 4.19. The van der Waals surface area contributed by atoms with E-state index in [2.05, 4.69) is 62.2 Å². The number of pyridine rings is 1. The molecule has 0 saturated carbocycles. The molecular formula is C34H46IrNO2-. The molecule has 1 N–H and O–H groups in total. The molecule has 0 aliphatic carbocycles. The maximum absolute atomic E-state index is 12.2. The molecule has 209 valence electrons. The Morgan fingerprint density at radius 2 is 1.42 bits per heavy atom. The first-order chi connectivity index (χ1) is 17.3. The summed E-state index contributed by atoms with van der Waals surface area (Å²) >= 11 is 0. The predicted molar refractivity (Wildman–Crippen MR) is 158 cm³/mol. The van der Waals surface area contributed by atoms with Crippen molar-refractivity contribution in [3.63, 3.8) is 0 Å². The van der Waals surface area contributed by atoms with Gasteiger partial charge in [0.05, 0.1) is 0 Å². The van der Waals surface area contributed by atoms with E-state index in [0.29, 0.717) is 0 Å². The van der Waals surface area contributed by atoms with Crippen LogP contribution < -0.4 is 0 Å². The van der Waals surface area contributed by atoms with Crippen molar-refractivity contribution in [2.75, 3.05) is 0 Å². The first-order valence-electron chi connectivity index (χ1n) is 13.7. The quantitative estimate of drug-likeness (QED) is 0.145. The van der Waals surface area contributed by atoms with Crippen molar-refractivity contribution in [2.45, 2.75) is 93.4 Å². The van der Waals surface area contributed by atoms with Gasteiger partial charge >= 0.3 is 0 Å². The molecule has 4 heteroatoms. The number of carbonyl (C=O) groups excluding carboxylic acids is 1. The number of aromatic nitrogens is 1. The van der Waals surface area contributed by atoms with Gasteiger partial charge in [0.15, 0.2) is 5.78 Å². The van der Waals surface area contributed by atoms with Crippen LogP contribution in [0.4, 0.5) is 0 Å². The van der Waals surface area contributed by atoms with Gasteiger partial charge in [0, 0.05) is 48.9 Å². The van der Waals surface area contributed by atoms with E-state index in [4.69, 9.17) is 0 Å². The van der Waals surface area contributed by atoms with Gasteiger partial charge in [-0.3, -0.25) is 9.78 Å². The zero-order valence-electron chi connectivity index (χ0n) is 24.7. The van der Waals surface area contributed by atoms with Gasteiger partial charge in [-0.1, -0.05) is 104 Å². The number of benzene rings is 2. The number of nitrogens with zero attached hydrogens (tertiary/aromatic N) is 1. The van der Waals surface area contributed by atoms with Gasteiger partial charge in [0.2, 0.25) is 0 Å². The van der Waals surface area contributed by atoms with E-state index in [9.17, 15) is 9.90 Å². The number of carbonyl (C=O) groups is 1. The molecule has 1 heterocycles. The smallest absolute Gasteiger partial charge is 0.164 e. The number of hydrogen-bond acceptors (Lipinski definition) is 3. The molecule has 2 aromatic carbocycles. The molecule has 1 radical (unpaired) electrons. The molecule has 0 fully saturated rings. The normalized spacial score (nSPS) is 12.4. The van der Waals surface area contributed by atoms with Crippen molar-refractivity contribution in [3.8, 4) is 11.3 Å². The summed E-state index contributed by atoms with van der Waals surface area (Å²) in [7, 11) is 0. The second kappa shape index (κ2) is 14.2. The molecule has 3 aromatic rings. The van der Waals surface area contributed by atoms with E-state index >= 15 is 0 Å². The zero-order chi connectivity index (χ0) is 27.9. The number of hydrogen-bond donors (Lipinski definition) is 1. The summed E-state index contributed by atoms with van der Waals surface area (Å²) in [6, 6.07) is 20.2. The van der Waals surface area contributed by atoms with E-state index in [1.807, 2.05) is 65.9 Å². The Morgan fingerprint density at radius 3 is 1.92 bits per heavy atom. The predicted octanol–water partition coefficient (Wildman–Crippen LogP) is 9.65. The summed E-state index contributed by atoms with van der Waals surface area (Å²) in [5.74, 6) is 0.286. The molecule has 0 saturated heterocycles. The molecule has 3 nitrogen and oxygen atoms in total. The summed E-state index contributed by atoms with van der Waals surface area (Å²) in [5.41, 5.74) is 2.87. The standard InChI is InChI=1S/C19H18N.C15H28O2.Ir/c1-19(2,3)17-13-15(18-10-6-7-11-20-18)12-14-8-4-5-9-16(14)17;1-7-14(5,8-2)12(16)11-13(17)15(6,9-3)10-4;/h4-11,13H,1-3H3;11,16H,7-10H2,1-6H3;/q-1;;/b;12-11-;. The summed E-state index contributed by atoms with van der Waals surface area (Å²) < 4.78 is 0. The van der Waals surface area contributed by atoms with Crippen LogP contribution in [0.15, 0.2) is 66.6 Å². The number of rotatable bonds is 8. The van der Waals surface area contributed by atoms with Gasteiger partial charge in [0.25, 0.3) is 0 Å². The van der Waals surface area contributed by atoms with Crippen molar-refractivity contribution in [2.24, 2.45) is 10.8 Å². The molecule has 0 spiro atoms. The Hall–Kier alpha value is -2.29. The molecule has 3 rings (SSSR count). The van der Waals surface area contributed by atoms with Crippen LogP contribution in [0, 0.1) is 16.9 Å². The third-order valence-corrected chi connectivity index (χ3v) is 8.13. The SMILES string of the molecule is CC(C)(C)c1cc(-c2ccccn2)[c-]c2ccccc12.CCC(C)(CC)C(=O)/C=C(\O)C(C)(CC)CC.[Ir]. The minimum Gasteiger partial charge on any atom is -0.512 e. The molecule has 0 aliphatic heterocycles. The molecule has 0 bridgehead atoms. The summed E-state index contributed by atoms with van der Waals surface area (Å²) in [5, 5.41) is 12.6. The molecule has 1 aromatic heterocycles. The monoisotopic (exact) mass is 693 g/mol. The Labute approximate surface area is 244 Å². The molecule has 0 unspecified atom stereocenters. The van der Waals surface area contributed by atoms with E-state index in [0.717, 1.165) is 42.3 Å². The van der Waals surface area contributed by atoms with Gasteiger partial charge in [-0.25, -0.2) is 0 Å². The van der Waals surface area contributed by atoms with Crippen molar-refractivity contribution in [1.82, 2.24) is 4.98 Å². The molecule has 0 aliphatic rings. The summed E-state index contributed by atoms with van der Waals surface area (Å²) in [6.07, 6.45) is 6.58. The zero-order valence-corrected chi connectivity index (χ0v) is 27.1. The third kappa shape index (κ3) is 8.10. The fraction of sp³-hybridized carbons (Fsp3) is 0.471. The Kier molecular flexibility index (Phi) is 12.6. The van der Waals surface area contributed by atoms with Crippen molar-refractivity contribution in [1.29, 1.82) is 0 Å². The van der Waals surface area contributed by atoms with Gasteiger partial charge in [0.1, 0.15) is 5.76 Å². The van der Waals surface area contributed by atoms with Crippen molar-refractivity contribution in [3.05, 3.63) is 78.2 Å². The second-order valence-corrected chi connectivity index (χ2v) is 11.5. The third-order valence-electron chi connectivity index (χ3n) is 8.13. The van der Waals surface area contributed by atoms with E-state index in [1.165, 1.54) is 17.0 Å². The topological polar surface area (TPSA) is 50.2 Å². The summed E-state index contributed by atoms with van der Waals surface area (Å²) in [6.45, 7) is 18.8. The molecular weight excluding hydrogens is 647 g/mol. The summed E-state index contributed by atoms with van der Waals surface area (Å²) in [4.78, 5) is 16.6. The minimum absolute atomic E-state index is 0. The first kappa shape index (κ1) is 33.7. The van der Waals surface area contributed by atoms with Crippen LogP contribution >= 0.6 is 0 Å². The van der Waals surface area contributed by atoms with Crippen molar-refractivity contribution < 1.29 is 30.0 Å². The number of allylic oxidation sites excluding steroid dienone is 2. The maximum Gasteiger partial charge on any atom is 0.164 e. The Morgan fingerprint density at radius 1 is 0.868 bits per heavy atom. The average molecular weight is 693 g/mol. The van der Waals surface area contributed by atoms with Gasteiger partial charge < -0.3 is 5.11 Å². The average Bonchev–Trinajstić information content (AvgIpc) is 2.91. The second-order valence-electron chi connectivity index (χ2n) is 11.5. The van der Waals surface area contributed by atoms with E-state index in [1.54, 1.807) is 0 Å². The van der Waals surface area contributed by atoms with Crippen LogP contribution in [0.3, 0.4) is 0 Å². The number of fused-ring (bicyclic) bond motifs is 1. The first-order valence-corrected chi connectivity index (χ1v) is 13.7. The number of ketones is 1. The molecule has 0 amide bonds. The van der Waals surface area contributed by atoms with E-state index in [-0.39, 0.29) is 47.9 Å². The maximum atomic E-state index is 12.2. The van der Waals surface area contributed by atoms with Crippen LogP contribution in [0.2, 0.25) is 0 Å². The number of aliphatic hydroxyl groups is 1. The van der Waals surface area contributed by atoms with Crippen LogP contribution in [-0.4, -0.2) is 15.9 Å². The van der Waals surface area contributed by atoms with Crippen LogP contribution in [0.25, 0.3) is 22.0 Å². The van der Waals surface area contributed by atoms with Crippen LogP contribution in [0.5, 0.6) is 0 Å². The Balaban J connectivity index is 0.000000377. The van der Waals surface area contributed by atoms with Gasteiger partial charge in [-0.2, -0.15) is 0 Å². The number of aliphatic hydroxyl groups excluding tert-OH is 1. The van der Waals surface area contributed by atoms with Gasteiger partial charge in [-0.05, 0) is 37.2 Å². The molecule has 38 heavy (non-hydrogen) atoms. The molecule has 0 atom stereocenters. The fourth-order valence-electron chi connectivity index (χ4n) is 4.19. The van der Waals surface area contributed by atoms with E-state index < -0.39 is 0 Å². The van der Waals surface area contributed by atoms with Crippen molar-refractivity contribution >= 4 is 16.6 Å². The minimum atomic E-state index is -0.337.